The normalized spacial score (nSPS) is 12.4. The van der Waals surface area contributed by atoms with Crippen molar-refractivity contribution in [3.63, 3.8) is 0 Å². The Balaban J connectivity index is 3.95. The van der Waals surface area contributed by atoms with Crippen LogP contribution in [0.3, 0.4) is 0 Å². The highest BCUT2D eigenvalue weighted by molar-refractivity contribution is 4.65. The molecule has 2 unspecified atom stereocenters. The predicted octanol–water partition coefficient (Wildman–Crippen LogP) is 9.32. The molecule has 0 rings (SSSR count). The van der Waals surface area contributed by atoms with Gasteiger partial charge in [-0.25, -0.2) is 0 Å². The van der Waals surface area contributed by atoms with Gasteiger partial charge in [0.05, 0.1) is 396 Å². The fourth-order valence-electron chi connectivity index (χ4n) is 11.4. The zero-order chi connectivity index (χ0) is 85.8. The zero-order valence-electron chi connectivity index (χ0n) is 75.7. The van der Waals surface area contributed by atoms with Crippen LogP contribution in [-0.4, -0.2) is 420 Å². The van der Waals surface area contributed by atoms with Gasteiger partial charge in [-0.05, 0) is 37.5 Å². The second kappa shape index (κ2) is 114. The Morgan fingerprint density at radius 2 is 0.225 bits per heavy atom. The molecule has 0 saturated heterocycles. The van der Waals surface area contributed by atoms with E-state index in [1.165, 1.54) is 141 Å². The van der Waals surface area contributed by atoms with E-state index in [-0.39, 0.29) is 13.2 Å². The van der Waals surface area contributed by atoms with Gasteiger partial charge in [0.2, 0.25) is 0 Å². The standard InChI is InChI=1S/C88H178O32/c1-3-5-7-9-11-13-15-17-21-87(85-119-83-81-117-79-77-115-75-73-113-71-69-111-67-65-109-63-61-107-59-57-105-55-53-103-51-49-101-47-45-99-43-41-97-39-37-95-35-33-93-31-29-91-27-25-89)23-19-20-24-88(22-18-16-14-12-10-8-6-4-2)86-120-84-82-118-80-78-116-76-74-114-72-70-112-68-66-110-64-62-108-60-58-106-56-54-104-52-50-102-48-46-100-44-42-98-40-38-96-36-34-94-32-30-92-28-26-90/h87-90H,3-86H2,1-2H3. The molecule has 0 bridgehead atoms. The van der Waals surface area contributed by atoms with Crippen LogP contribution < -0.4 is 0 Å². The van der Waals surface area contributed by atoms with Crippen molar-refractivity contribution in [1.29, 1.82) is 0 Å². The first-order chi connectivity index (χ1) is 59.8. The minimum absolute atomic E-state index is 0.0173. The third kappa shape index (κ3) is 109. The minimum Gasteiger partial charge on any atom is -0.394 e. The topological polar surface area (TPSA) is 317 Å². The smallest absolute Gasteiger partial charge is 0.0701 e. The monoisotopic (exact) mass is 1750 g/mol. The molecule has 0 saturated carbocycles. The lowest BCUT2D eigenvalue weighted by Gasteiger charge is -2.20. The number of ether oxygens (including phenoxy) is 30. The van der Waals surface area contributed by atoms with Gasteiger partial charge in [0.15, 0.2) is 0 Å². The van der Waals surface area contributed by atoms with E-state index in [1.54, 1.807) is 0 Å². The van der Waals surface area contributed by atoms with E-state index >= 15 is 0 Å². The average molecular weight is 1750 g/mol. The van der Waals surface area contributed by atoms with Gasteiger partial charge in [0.1, 0.15) is 0 Å². The summed E-state index contributed by atoms with van der Waals surface area (Å²) in [5.41, 5.74) is 0. The molecule has 0 heterocycles. The molecule has 0 fully saturated rings. The van der Waals surface area contributed by atoms with Crippen molar-refractivity contribution in [2.24, 2.45) is 11.8 Å². The quantitative estimate of drug-likeness (QED) is 0.0535. The molecule has 722 valence electrons. The van der Waals surface area contributed by atoms with Gasteiger partial charge in [0.25, 0.3) is 0 Å². The van der Waals surface area contributed by atoms with Crippen molar-refractivity contribution in [2.45, 2.75) is 155 Å². The van der Waals surface area contributed by atoms with Crippen LogP contribution in [0.5, 0.6) is 0 Å². The summed E-state index contributed by atoms with van der Waals surface area (Å²) >= 11 is 0. The highest BCUT2D eigenvalue weighted by atomic mass is 16.6. The highest BCUT2D eigenvalue weighted by Crippen LogP contribution is 2.23. The molecule has 0 amide bonds. The lowest BCUT2D eigenvalue weighted by molar-refractivity contribution is -0.0304. The second-order valence-corrected chi connectivity index (χ2v) is 28.3. The summed E-state index contributed by atoms with van der Waals surface area (Å²) in [5.74, 6) is 1.14. The average Bonchev–Trinajstić information content (AvgIpc) is 0.977. The Morgan fingerprint density at radius 3 is 0.350 bits per heavy atom. The molecular weight excluding hydrogens is 1570 g/mol. The molecule has 0 spiro atoms. The Bertz CT molecular complexity index is 1640. The Labute approximate surface area is 725 Å². The van der Waals surface area contributed by atoms with E-state index in [4.69, 9.17) is 152 Å². The third-order valence-electron chi connectivity index (χ3n) is 18.0. The van der Waals surface area contributed by atoms with Crippen LogP contribution >= 0.6 is 0 Å². The number of hydrogen-bond acceptors (Lipinski definition) is 32. The van der Waals surface area contributed by atoms with E-state index in [9.17, 15) is 0 Å². The van der Waals surface area contributed by atoms with Crippen LogP contribution in [0.15, 0.2) is 0 Å². The second-order valence-electron chi connectivity index (χ2n) is 28.3. The Hall–Kier alpha value is -1.28. The van der Waals surface area contributed by atoms with E-state index < -0.39 is 0 Å². The van der Waals surface area contributed by atoms with Crippen molar-refractivity contribution >= 4 is 0 Å². The molecule has 32 heteroatoms. The van der Waals surface area contributed by atoms with Crippen molar-refractivity contribution in [3.05, 3.63) is 0 Å². The van der Waals surface area contributed by atoms with Gasteiger partial charge in [-0.3, -0.25) is 0 Å². The molecule has 0 aliphatic heterocycles. The van der Waals surface area contributed by atoms with Gasteiger partial charge in [-0.1, -0.05) is 129 Å². The lowest BCUT2D eigenvalue weighted by atomic mass is 9.91. The highest BCUT2D eigenvalue weighted by Gasteiger charge is 2.14. The molecule has 2 N–H and O–H groups in total. The maximum atomic E-state index is 8.65. The summed E-state index contributed by atoms with van der Waals surface area (Å²) in [5, 5.41) is 17.3. The van der Waals surface area contributed by atoms with E-state index in [0.717, 1.165) is 13.2 Å². The number of rotatable bonds is 115. The van der Waals surface area contributed by atoms with Crippen LogP contribution in [-0.2, 0) is 142 Å². The summed E-state index contributed by atoms with van der Waals surface area (Å²) in [4.78, 5) is 0. The lowest BCUT2D eigenvalue weighted by Crippen LogP contribution is -2.16. The molecule has 0 aromatic rings. The van der Waals surface area contributed by atoms with Crippen molar-refractivity contribution in [1.82, 2.24) is 0 Å². The van der Waals surface area contributed by atoms with Gasteiger partial charge >= 0.3 is 0 Å². The van der Waals surface area contributed by atoms with Crippen LogP contribution in [0.4, 0.5) is 0 Å². The minimum atomic E-state index is 0.0173. The summed E-state index contributed by atoms with van der Waals surface area (Å²) in [7, 11) is 0. The Kier molecular flexibility index (Phi) is 113. The first kappa shape index (κ1) is 119. The number of unbranched alkanes of at least 4 members (excludes halogenated alkanes) is 15. The van der Waals surface area contributed by atoms with Gasteiger partial charge in [-0.15, -0.1) is 0 Å². The molecular formula is C88H178O32. The third-order valence-corrected chi connectivity index (χ3v) is 18.0. The summed E-state index contributed by atoms with van der Waals surface area (Å²) in [6, 6.07) is 0. The molecule has 32 nitrogen and oxygen atoms in total. The van der Waals surface area contributed by atoms with Crippen molar-refractivity contribution in [3.8, 4) is 0 Å². The number of aliphatic hydroxyl groups excluding tert-OH is 2. The molecule has 2 atom stereocenters. The Morgan fingerprint density at radius 1 is 0.125 bits per heavy atom. The van der Waals surface area contributed by atoms with Gasteiger partial charge in [0, 0.05) is 13.2 Å². The summed E-state index contributed by atoms with van der Waals surface area (Å²) in [6.07, 6.45) is 28.6. The number of aliphatic hydroxyl groups is 2. The van der Waals surface area contributed by atoms with Gasteiger partial charge < -0.3 is 152 Å². The maximum absolute atomic E-state index is 8.65. The van der Waals surface area contributed by atoms with Crippen LogP contribution in [0.1, 0.15) is 155 Å². The first-order valence-electron chi connectivity index (χ1n) is 46.3. The van der Waals surface area contributed by atoms with Crippen molar-refractivity contribution < 1.29 is 152 Å². The molecule has 0 aliphatic carbocycles. The van der Waals surface area contributed by atoms with Gasteiger partial charge in [-0.2, -0.15) is 0 Å². The molecule has 0 radical (unpaired) electrons. The number of hydrogen-bond donors (Lipinski definition) is 2. The van der Waals surface area contributed by atoms with E-state index in [1.807, 2.05) is 0 Å². The van der Waals surface area contributed by atoms with Crippen molar-refractivity contribution in [2.75, 3.05) is 410 Å². The fourth-order valence-corrected chi connectivity index (χ4v) is 11.4. The fraction of sp³-hybridized carbons (Fsp3) is 1.00. The SMILES string of the molecule is CCCCCCCCCCC(CCCCC(CCCCCCCCCC)COCCOCCOCCOCCOCCOCCOCCOCCOCCOCCOCCOCCOCCOCCOCCO)COCCOCCOCCOCCOCCOCCOCCOCCOCCOCCOCCOCCOCCOCCOCCO. The van der Waals surface area contributed by atoms with E-state index in [0.29, 0.717) is 395 Å². The van der Waals surface area contributed by atoms with E-state index in [2.05, 4.69) is 13.8 Å². The molecule has 120 heavy (non-hydrogen) atoms. The van der Waals surface area contributed by atoms with Crippen LogP contribution in [0, 0.1) is 11.8 Å². The first-order valence-corrected chi connectivity index (χ1v) is 46.3. The largest absolute Gasteiger partial charge is 0.394 e. The summed E-state index contributed by atoms with van der Waals surface area (Å²) in [6.45, 7) is 34.8. The molecule has 0 aromatic carbocycles. The van der Waals surface area contributed by atoms with Crippen LogP contribution in [0.2, 0.25) is 0 Å². The van der Waals surface area contributed by atoms with Crippen LogP contribution in [0.25, 0.3) is 0 Å². The molecule has 0 aromatic heterocycles. The summed E-state index contributed by atoms with van der Waals surface area (Å²) < 4.78 is 168. The predicted molar refractivity (Wildman–Crippen MR) is 459 cm³/mol. The zero-order valence-corrected chi connectivity index (χ0v) is 75.7. The molecule has 0 aliphatic rings. The maximum Gasteiger partial charge on any atom is 0.0701 e.